The summed E-state index contributed by atoms with van der Waals surface area (Å²) in [4.78, 5) is 22.2. The quantitative estimate of drug-likeness (QED) is 0.170. The summed E-state index contributed by atoms with van der Waals surface area (Å²) in [5.41, 5.74) is 7.52. The van der Waals surface area contributed by atoms with Crippen molar-refractivity contribution in [3.63, 3.8) is 0 Å². The third-order valence-corrected chi connectivity index (χ3v) is 7.14. The Labute approximate surface area is 236 Å². The van der Waals surface area contributed by atoms with Gasteiger partial charge in [0, 0.05) is 29.1 Å². The number of pyridine rings is 2. The van der Waals surface area contributed by atoms with E-state index in [-0.39, 0.29) is 5.78 Å². The van der Waals surface area contributed by atoms with Gasteiger partial charge in [-0.25, -0.2) is 4.98 Å². The molecule has 1 aliphatic carbocycles. The van der Waals surface area contributed by atoms with E-state index in [1.165, 1.54) is 12.0 Å². The first-order chi connectivity index (χ1) is 19.5. The first-order valence-electron chi connectivity index (χ1n) is 13.7. The second-order valence-corrected chi connectivity index (χ2v) is 10.0. The van der Waals surface area contributed by atoms with Gasteiger partial charge in [0.2, 0.25) is 0 Å². The molecule has 2 aromatic carbocycles. The summed E-state index contributed by atoms with van der Waals surface area (Å²) in [5.74, 6) is 1.14. The van der Waals surface area contributed by atoms with Crippen molar-refractivity contribution < 1.29 is 4.79 Å². The number of hydrogen-bond donors (Lipinski definition) is 2. The SMILES string of the molecule is C=C(/C(C1=CCCCC1)=C(\C)N/C(Nc1ccccn1)=C(\C(C)=O)c1ccc2ncccc2c1)c1ccccc1. The number of nitrogens with one attached hydrogen (secondary N) is 2. The Bertz CT molecular complexity index is 1630. The molecule has 0 fully saturated rings. The largest absolute Gasteiger partial charge is 0.344 e. The Morgan fingerprint density at radius 3 is 2.35 bits per heavy atom. The molecule has 0 spiro atoms. The molecule has 5 nitrogen and oxygen atoms in total. The lowest BCUT2D eigenvalue weighted by Crippen LogP contribution is -2.24. The number of ketones is 1. The van der Waals surface area contributed by atoms with Crippen molar-refractivity contribution in [2.75, 3.05) is 5.32 Å². The zero-order valence-corrected chi connectivity index (χ0v) is 23.1. The van der Waals surface area contributed by atoms with Gasteiger partial charge in [0.05, 0.1) is 11.1 Å². The van der Waals surface area contributed by atoms with Gasteiger partial charge in [0.1, 0.15) is 11.6 Å². The molecule has 200 valence electrons. The van der Waals surface area contributed by atoms with E-state index in [0.717, 1.165) is 58.1 Å². The minimum absolute atomic E-state index is 0.0673. The number of Topliss-reactive ketones (excluding diaryl/α,β-unsaturated/α-hetero) is 1. The van der Waals surface area contributed by atoms with E-state index in [4.69, 9.17) is 0 Å². The van der Waals surface area contributed by atoms with Gasteiger partial charge in [-0.2, -0.15) is 0 Å². The fraction of sp³-hybridized carbons (Fsp3) is 0.171. The van der Waals surface area contributed by atoms with E-state index < -0.39 is 0 Å². The summed E-state index contributed by atoms with van der Waals surface area (Å²) in [6.45, 7) is 8.17. The molecule has 2 heterocycles. The van der Waals surface area contributed by atoms with Crippen molar-refractivity contribution in [3.8, 4) is 0 Å². The van der Waals surface area contributed by atoms with Crippen LogP contribution in [0.3, 0.4) is 0 Å². The van der Waals surface area contributed by atoms with Crippen molar-refractivity contribution >= 4 is 33.7 Å². The summed E-state index contributed by atoms with van der Waals surface area (Å²) in [6.07, 6.45) is 10.2. The van der Waals surface area contributed by atoms with E-state index >= 15 is 0 Å². The van der Waals surface area contributed by atoms with Crippen molar-refractivity contribution in [2.45, 2.75) is 39.5 Å². The number of carbonyl (C=O) groups excluding carboxylic acids is 1. The fourth-order valence-electron chi connectivity index (χ4n) is 5.24. The predicted octanol–water partition coefficient (Wildman–Crippen LogP) is 8.08. The second-order valence-electron chi connectivity index (χ2n) is 10.0. The molecule has 2 aromatic heterocycles. The molecule has 40 heavy (non-hydrogen) atoms. The van der Waals surface area contributed by atoms with E-state index in [9.17, 15) is 4.79 Å². The molecule has 2 N–H and O–H groups in total. The van der Waals surface area contributed by atoms with Gasteiger partial charge in [-0.3, -0.25) is 9.78 Å². The average Bonchev–Trinajstić information content (AvgIpc) is 2.98. The van der Waals surface area contributed by atoms with Crippen LogP contribution >= 0.6 is 0 Å². The highest BCUT2D eigenvalue weighted by Gasteiger charge is 2.20. The van der Waals surface area contributed by atoms with Crippen LogP contribution in [0.1, 0.15) is 50.7 Å². The molecule has 5 heteroatoms. The highest BCUT2D eigenvalue weighted by molar-refractivity contribution is 6.21. The second kappa shape index (κ2) is 12.4. The Hall–Kier alpha value is -4.77. The van der Waals surface area contributed by atoms with Crippen molar-refractivity contribution in [1.29, 1.82) is 0 Å². The minimum Gasteiger partial charge on any atom is -0.344 e. The normalized spacial score (nSPS) is 14.5. The van der Waals surface area contributed by atoms with Crippen LogP contribution in [0.5, 0.6) is 0 Å². The average molecular weight is 527 g/mol. The Morgan fingerprint density at radius 1 is 0.825 bits per heavy atom. The molecule has 0 saturated carbocycles. The van der Waals surface area contributed by atoms with Crippen molar-refractivity contribution in [3.05, 3.63) is 138 Å². The van der Waals surface area contributed by atoms with Gasteiger partial charge in [-0.1, -0.05) is 61.2 Å². The zero-order valence-electron chi connectivity index (χ0n) is 23.1. The van der Waals surface area contributed by atoms with E-state index in [0.29, 0.717) is 17.2 Å². The van der Waals surface area contributed by atoms with Crippen LogP contribution in [0, 0.1) is 0 Å². The van der Waals surface area contributed by atoms with E-state index in [1.54, 1.807) is 19.3 Å². The van der Waals surface area contributed by atoms with Crippen LogP contribution in [0.2, 0.25) is 0 Å². The number of aromatic nitrogens is 2. The molecule has 0 radical (unpaired) electrons. The molecule has 0 bridgehead atoms. The van der Waals surface area contributed by atoms with Crippen LogP contribution in [-0.4, -0.2) is 15.8 Å². The first kappa shape index (κ1) is 26.8. The Kier molecular flexibility index (Phi) is 8.31. The number of hydrogen-bond acceptors (Lipinski definition) is 5. The lowest BCUT2D eigenvalue weighted by molar-refractivity contribution is -0.111. The van der Waals surface area contributed by atoms with Gasteiger partial charge in [0.15, 0.2) is 5.78 Å². The first-order valence-corrected chi connectivity index (χ1v) is 13.7. The van der Waals surface area contributed by atoms with E-state index in [1.807, 2.05) is 66.7 Å². The third kappa shape index (κ3) is 6.10. The number of allylic oxidation sites excluding steroid dienone is 6. The zero-order chi connectivity index (χ0) is 27.9. The van der Waals surface area contributed by atoms with Gasteiger partial charge < -0.3 is 10.6 Å². The molecule has 0 amide bonds. The van der Waals surface area contributed by atoms with Gasteiger partial charge in [0.25, 0.3) is 0 Å². The molecule has 0 aliphatic heterocycles. The minimum atomic E-state index is -0.0673. The van der Waals surface area contributed by atoms with Crippen LogP contribution in [0.25, 0.3) is 22.0 Å². The Morgan fingerprint density at radius 2 is 1.62 bits per heavy atom. The lowest BCUT2D eigenvalue weighted by Gasteiger charge is -2.24. The predicted molar refractivity (Wildman–Crippen MR) is 165 cm³/mol. The maximum atomic E-state index is 13.3. The molecular formula is C35H34N4O. The van der Waals surface area contributed by atoms with Gasteiger partial charge in [-0.15, -0.1) is 0 Å². The molecule has 0 unspecified atom stereocenters. The number of rotatable bonds is 9. The van der Waals surface area contributed by atoms with Gasteiger partial charge >= 0.3 is 0 Å². The van der Waals surface area contributed by atoms with Crippen LogP contribution in [-0.2, 0) is 4.79 Å². The molecule has 0 saturated heterocycles. The summed E-state index contributed by atoms with van der Waals surface area (Å²) < 4.78 is 0. The summed E-state index contributed by atoms with van der Waals surface area (Å²) >= 11 is 0. The van der Waals surface area contributed by atoms with E-state index in [2.05, 4.69) is 52.3 Å². The summed E-state index contributed by atoms with van der Waals surface area (Å²) in [7, 11) is 0. The number of fused-ring (bicyclic) bond motifs is 1. The topological polar surface area (TPSA) is 66.9 Å². The molecular weight excluding hydrogens is 492 g/mol. The summed E-state index contributed by atoms with van der Waals surface area (Å²) in [6, 6.07) is 25.7. The standard InChI is InChI=1S/C35H34N4O/c1-24(27-13-6-4-7-14-27)33(28-15-8-5-9-16-28)25(2)38-35(39-32-18-10-11-21-37-32)34(26(3)40)30-19-20-31-29(23-30)17-12-22-36-31/h4,6-7,10-15,17-23,38H,1,5,8-9,16H2,2-3H3,(H,37,39)/b33-25-,35-34-. The molecule has 4 aromatic rings. The van der Waals surface area contributed by atoms with Crippen molar-refractivity contribution in [2.24, 2.45) is 0 Å². The monoisotopic (exact) mass is 526 g/mol. The Balaban J connectivity index is 1.67. The number of anilines is 1. The molecule has 1 aliphatic rings. The van der Waals surface area contributed by atoms with Crippen molar-refractivity contribution in [1.82, 2.24) is 15.3 Å². The van der Waals surface area contributed by atoms with Crippen LogP contribution < -0.4 is 10.6 Å². The maximum absolute atomic E-state index is 13.3. The number of benzene rings is 2. The molecule has 5 rings (SSSR count). The lowest BCUT2D eigenvalue weighted by atomic mass is 9.86. The third-order valence-electron chi connectivity index (χ3n) is 7.14. The number of carbonyl (C=O) groups is 1. The molecule has 0 atom stereocenters. The summed E-state index contributed by atoms with van der Waals surface area (Å²) in [5, 5.41) is 7.99. The maximum Gasteiger partial charge on any atom is 0.164 e. The number of nitrogens with zero attached hydrogens (tertiary/aromatic N) is 2. The highest BCUT2D eigenvalue weighted by atomic mass is 16.1. The van der Waals surface area contributed by atoms with Crippen LogP contribution in [0.4, 0.5) is 5.82 Å². The van der Waals surface area contributed by atoms with Crippen LogP contribution in [0.15, 0.2) is 127 Å². The smallest absolute Gasteiger partial charge is 0.164 e. The van der Waals surface area contributed by atoms with Gasteiger partial charge in [-0.05, 0) is 92.1 Å². The fourth-order valence-corrected chi connectivity index (χ4v) is 5.24. The highest BCUT2D eigenvalue weighted by Crippen LogP contribution is 2.35.